The van der Waals surface area contributed by atoms with Crippen LogP contribution in [0, 0.1) is 13.8 Å². The molecule has 0 aromatic carbocycles. The number of hydrogen-bond donors (Lipinski definition) is 1. The van der Waals surface area contributed by atoms with Crippen LogP contribution >= 0.6 is 23.1 Å². The second kappa shape index (κ2) is 6.26. The molecule has 96 valence electrons. The van der Waals surface area contributed by atoms with Gasteiger partial charge in [-0.15, -0.1) is 11.3 Å². The lowest BCUT2D eigenvalue weighted by atomic mass is 9.95. The van der Waals surface area contributed by atoms with Gasteiger partial charge in [-0.3, -0.25) is 0 Å². The van der Waals surface area contributed by atoms with Crippen molar-refractivity contribution in [2.24, 2.45) is 0 Å². The number of thioether (sulfide) groups is 1. The van der Waals surface area contributed by atoms with Crippen LogP contribution in [-0.2, 0) is 6.54 Å². The first-order valence-electron chi connectivity index (χ1n) is 6.51. The summed E-state index contributed by atoms with van der Waals surface area (Å²) in [5.74, 6) is 0. The first-order valence-corrected chi connectivity index (χ1v) is 8.61. The van der Waals surface area contributed by atoms with Gasteiger partial charge in [-0.1, -0.05) is 6.42 Å². The zero-order chi connectivity index (χ0) is 12.3. The van der Waals surface area contributed by atoms with Crippen molar-refractivity contribution in [3.63, 3.8) is 0 Å². The minimum Gasteiger partial charge on any atom is -0.310 e. The maximum absolute atomic E-state index is 3.75. The lowest BCUT2D eigenvalue weighted by Crippen LogP contribution is -2.34. The molecule has 1 nitrogen and oxygen atoms in total. The van der Waals surface area contributed by atoms with Gasteiger partial charge in [0.25, 0.3) is 0 Å². The summed E-state index contributed by atoms with van der Waals surface area (Å²) in [7, 11) is 0. The van der Waals surface area contributed by atoms with Crippen LogP contribution in [0.5, 0.6) is 0 Å². The van der Waals surface area contributed by atoms with Gasteiger partial charge in [-0.05, 0) is 51.0 Å². The molecule has 3 heteroatoms. The summed E-state index contributed by atoms with van der Waals surface area (Å²) in [6.45, 7) is 5.49. The van der Waals surface area contributed by atoms with E-state index in [0.29, 0.717) is 0 Å². The second-order valence-electron chi connectivity index (χ2n) is 5.04. The van der Waals surface area contributed by atoms with E-state index < -0.39 is 0 Å². The summed E-state index contributed by atoms with van der Waals surface area (Å²) < 4.78 is 0. The van der Waals surface area contributed by atoms with Crippen LogP contribution in [-0.4, -0.2) is 17.5 Å². The van der Waals surface area contributed by atoms with Crippen molar-refractivity contribution in [2.45, 2.75) is 57.4 Å². The van der Waals surface area contributed by atoms with Gasteiger partial charge in [-0.25, -0.2) is 0 Å². The third-order valence-corrected chi connectivity index (χ3v) is 5.79. The van der Waals surface area contributed by atoms with Crippen molar-refractivity contribution in [3.8, 4) is 0 Å². The van der Waals surface area contributed by atoms with Crippen molar-refractivity contribution in [1.29, 1.82) is 0 Å². The molecule has 2 atom stereocenters. The largest absolute Gasteiger partial charge is 0.310 e. The van der Waals surface area contributed by atoms with E-state index in [1.54, 1.807) is 0 Å². The molecule has 0 spiro atoms. The summed E-state index contributed by atoms with van der Waals surface area (Å²) >= 11 is 3.96. The molecule has 1 aliphatic carbocycles. The maximum Gasteiger partial charge on any atom is 0.0219 e. The van der Waals surface area contributed by atoms with E-state index in [1.165, 1.54) is 41.0 Å². The second-order valence-corrected chi connectivity index (χ2v) is 7.64. The van der Waals surface area contributed by atoms with Crippen LogP contribution in [0.4, 0.5) is 0 Å². The molecule has 0 bridgehead atoms. The Morgan fingerprint density at radius 2 is 2.24 bits per heavy atom. The molecule has 2 rings (SSSR count). The van der Waals surface area contributed by atoms with E-state index in [4.69, 9.17) is 0 Å². The van der Waals surface area contributed by atoms with Gasteiger partial charge in [-0.2, -0.15) is 11.8 Å². The van der Waals surface area contributed by atoms with Crippen LogP contribution in [0.2, 0.25) is 0 Å². The Kier molecular flexibility index (Phi) is 4.95. The lowest BCUT2D eigenvalue weighted by molar-refractivity contribution is 0.380. The summed E-state index contributed by atoms with van der Waals surface area (Å²) in [6, 6.07) is 3.07. The molecule has 0 amide bonds. The molecule has 1 aromatic heterocycles. The molecule has 1 heterocycles. The van der Waals surface area contributed by atoms with Crippen LogP contribution in [0.15, 0.2) is 6.07 Å². The summed E-state index contributed by atoms with van der Waals surface area (Å²) in [5, 5.41) is 4.63. The standard InChI is InChI=1S/C14H23NS2/c1-10-7-12(11(2)17-10)9-15-13-5-4-6-14(8-13)16-3/h7,13-15H,4-6,8-9H2,1-3H3. The highest BCUT2D eigenvalue weighted by Gasteiger charge is 2.20. The molecule has 17 heavy (non-hydrogen) atoms. The third-order valence-electron chi connectivity index (χ3n) is 3.68. The molecule has 1 aromatic rings. The molecule has 1 fully saturated rings. The monoisotopic (exact) mass is 269 g/mol. The predicted molar refractivity (Wildman–Crippen MR) is 80.2 cm³/mol. The van der Waals surface area contributed by atoms with Gasteiger partial charge in [0.05, 0.1) is 0 Å². The average Bonchev–Trinajstić information content (AvgIpc) is 2.65. The molecular formula is C14H23NS2. The van der Waals surface area contributed by atoms with Gasteiger partial charge in [0, 0.05) is 27.6 Å². The van der Waals surface area contributed by atoms with Crippen molar-refractivity contribution in [2.75, 3.05) is 6.26 Å². The molecule has 1 aliphatic rings. The van der Waals surface area contributed by atoms with E-state index in [0.717, 1.165) is 17.8 Å². The number of hydrogen-bond acceptors (Lipinski definition) is 3. The predicted octanol–water partition coefficient (Wildman–Crippen LogP) is 4.13. The first kappa shape index (κ1) is 13.4. The quantitative estimate of drug-likeness (QED) is 0.882. The zero-order valence-electron chi connectivity index (χ0n) is 11.1. The fraction of sp³-hybridized carbons (Fsp3) is 0.714. The molecule has 1 N–H and O–H groups in total. The highest BCUT2D eigenvalue weighted by molar-refractivity contribution is 7.99. The summed E-state index contributed by atoms with van der Waals surface area (Å²) in [6.07, 6.45) is 7.77. The first-order chi connectivity index (χ1) is 8.19. The Balaban J connectivity index is 1.83. The number of rotatable bonds is 4. The highest BCUT2D eigenvalue weighted by Crippen LogP contribution is 2.27. The topological polar surface area (TPSA) is 12.0 Å². The Morgan fingerprint density at radius 3 is 2.88 bits per heavy atom. The summed E-state index contributed by atoms with van der Waals surface area (Å²) in [4.78, 5) is 2.91. The minimum absolute atomic E-state index is 0.737. The Bertz CT molecular complexity index is 359. The molecule has 0 radical (unpaired) electrons. The number of aryl methyl sites for hydroxylation is 2. The fourth-order valence-electron chi connectivity index (χ4n) is 2.66. The van der Waals surface area contributed by atoms with Crippen LogP contribution in [0.25, 0.3) is 0 Å². The average molecular weight is 269 g/mol. The van der Waals surface area contributed by atoms with E-state index >= 15 is 0 Å². The van der Waals surface area contributed by atoms with E-state index in [2.05, 4.69) is 31.5 Å². The zero-order valence-corrected chi connectivity index (χ0v) is 12.7. The Morgan fingerprint density at radius 1 is 1.41 bits per heavy atom. The van der Waals surface area contributed by atoms with E-state index in [-0.39, 0.29) is 0 Å². The normalized spacial score (nSPS) is 25.1. The molecule has 0 saturated heterocycles. The van der Waals surface area contributed by atoms with Crippen LogP contribution in [0.1, 0.15) is 41.0 Å². The van der Waals surface area contributed by atoms with Crippen LogP contribution < -0.4 is 5.32 Å². The van der Waals surface area contributed by atoms with E-state index in [9.17, 15) is 0 Å². The van der Waals surface area contributed by atoms with Gasteiger partial charge >= 0.3 is 0 Å². The highest BCUT2D eigenvalue weighted by atomic mass is 32.2. The van der Waals surface area contributed by atoms with Gasteiger partial charge in [0.1, 0.15) is 0 Å². The maximum atomic E-state index is 3.75. The molecule has 1 saturated carbocycles. The minimum atomic E-state index is 0.737. The van der Waals surface area contributed by atoms with E-state index in [1.807, 2.05) is 23.1 Å². The molecule has 0 aliphatic heterocycles. The van der Waals surface area contributed by atoms with Crippen molar-refractivity contribution in [3.05, 3.63) is 21.4 Å². The van der Waals surface area contributed by atoms with Gasteiger partial charge in [0.2, 0.25) is 0 Å². The Labute approximate surface area is 113 Å². The lowest BCUT2D eigenvalue weighted by Gasteiger charge is -2.28. The van der Waals surface area contributed by atoms with Gasteiger partial charge < -0.3 is 5.32 Å². The fourth-order valence-corrected chi connectivity index (χ4v) is 4.43. The molecular weight excluding hydrogens is 246 g/mol. The summed E-state index contributed by atoms with van der Waals surface area (Å²) in [5.41, 5.74) is 1.50. The van der Waals surface area contributed by atoms with Crippen molar-refractivity contribution < 1.29 is 0 Å². The smallest absolute Gasteiger partial charge is 0.0219 e. The Hall–Kier alpha value is 0.01000. The van der Waals surface area contributed by atoms with Crippen LogP contribution in [0.3, 0.4) is 0 Å². The third kappa shape index (κ3) is 3.73. The van der Waals surface area contributed by atoms with Crippen molar-refractivity contribution >= 4 is 23.1 Å². The SMILES string of the molecule is CSC1CCCC(NCc2cc(C)sc2C)C1. The number of thiophene rings is 1. The van der Waals surface area contributed by atoms with Gasteiger partial charge in [0.15, 0.2) is 0 Å². The number of nitrogens with one attached hydrogen (secondary N) is 1. The van der Waals surface area contributed by atoms with Crippen molar-refractivity contribution in [1.82, 2.24) is 5.32 Å². The molecule has 2 unspecified atom stereocenters.